The van der Waals surface area contributed by atoms with Crippen LogP contribution in [0.2, 0.25) is 0 Å². The molecule has 0 aliphatic carbocycles. The second kappa shape index (κ2) is 9.83. The summed E-state index contributed by atoms with van der Waals surface area (Å²) in [5.74, 6) is 0.0665. The van der Waals surface area contributed by atoms with Crippen LogP contribution < -0.4 is 5.32 Å². The first-order valence-electron chi connectivity index (χ1n) is 10.1. The Kier molecular flexibility index (Phi) is 6.72. The van der Waals surface area contributed by atoms with Gasteiger partial charge < -0.3 is 5.32 Å². The average molecular weight is 406 g/mol. The predicted molar refractivity (Wildman–Crippen MR) is 120 cm³/mol. The largest absolute Gasteiger partial charge is 0.325 e. The Hall–Kier alpha value is -2.47. The third kappa shape index (κ3) is 5.76. The summed E-state index contributed by atoms with van der Waals surface area (Å²) in [5.41, 5.74) is 4.69. The van der Waals surface area contributed by atoms with Crippen molar-refractivity contribution in [2.24, 2.45) is 0 Å². The quantitative estimate of drug-likeness (QED) is 0.643. The number of nitrogens with zero attached hydrogens (tertiary/aromatic N) is 2. The molecule has 3 aromatic rings. The number of carbonyl (C=O) groups excluding carboxylic acids is 1. The number of nitrogens with one attached hydrogen (secondary N) is 1. The minimum Gasteiger partial charge on any atom is -0.325 e. The van der Waals surface area contributed by atoms with Crippen LogP contribution in [0, 0.1) is 0 Å². The van der Waals surface area contributed by atoms with Crippen molar-refractivity contribution in [1.29, 1.82) is 0 Å². The van der Waals surface area contributed by atoms with E-state index >= 15 is 0 Å². The number of thiophene rings is 1. The average Bonchev–Trinajstić information content (AvgIpc) is 3.25. The maximum atomic E-state index is 12.7. The van der Waals surface area contributed by atoms with Crippen molar-refractivity contribution in [3.63, 3.8) is 0 Å². The zero-order valence-corrected chi connectivity index (χ0v) is 17.4. The van der Waals surface area contributed by atoms with E-state index in [9.17, 15) is 4.79 Å². The molecule has 0 radical (unpaired) electrons. The maximum absolute atomic E-state index is 12.7. The van der Waals surface area contributed by atoms with Crippen LogP contribution >= 0.6 is 11.3 Å². The van der Waals surface area contributed by atoms with Gasteiger partial charge in [-0.15, -0.1) is 0 Å². The van der Waals surface area contributed by atoms with Gasteiger partial charge in [-0.25, -0.2) is 0 Å². The van der Waals surface area contributed by atoms with Crippen LogP contribution in [0.15, 0.2) is 71.4 Å². The van der Waals surface area contributed by atoms with Gasteiger partial charge in [-0.3, -0.25) is 14.6 Å². The molecule has 0 unspecified atom stereocenters. The van der Waals surface area contributed by atoms with Gasteiger partial charge in [-0.05, 0) is 46.0 Å². The first-order chi connectivity index (χ1) is 14.3. The molecule has 0 bridgehead atoms. The van der Waals surface area contributed by atoms with Gasteiger partial charge in [0.1, 0.15) is 0 Å². The van der Waals surface area contributed by atoms with Crippen LogP contribution in [0.4, 0.5) is 5.69 Å². The van der Waals surface area contributed by atoms with Crippen LogP contribution in [0.5, 0.6) is 0 Å². The number of rotatable bonds is 7. The van der Waals surface area contributed by atoms with E-state index in [1.54, 1.807) is 11.3 Å². The molecule has 5 heteroatoms. The lowest BCUT2D eigenvalue weighted by Crippen LogP contribution is -2.48. The molecule has 1 N–H and O–H groups in total. The molecule has 2 aromatic carbocycles. The SMILES string of the molecule is O=C(CN1CCN(Cc2ccsc2)CC1)Nc1ccccc1Cc1ccccc1. The lowest BCUT2D eigenvalue weighted by Gasteiger charge is -2.34. The molecule has 0 atom stereocenters. The normalized spacial score (nSPS) is 15.3. The van der Waals surface area contributed by atoms with Gasteiger partial charge in [0, 0.05) is 38.4 Å². The summed E-state index contributed by atoms with van der Waals surface area (Å²) in [7, 11) is 0. The Balaban J connectivity index is 1.28. The number of hydrogen-bond acceptors (Lipinski definition) is 4. The minimum absolute atomic E-state index is 0.0665. The standard InChI is InChI=1S/C24H27N3OS/c28-24(18-27-13-11-26(12-14-27)17-21-10-15-29-19-21)25-23-9-5-4-8-22(23)16-20-6-2-1-3-7-20/h1-10,15,19H,11-14,16-18H2,(H,25,28). The zero-order valence-electron chi connectivity index (χ0n) is 16.6. The Morgan fingerprint density at radius 3 is 2.34 bits per heavy atom. The second-order valence-electron chi connectivity index (χ2n) is 7.55. The fraction of sp³-hybridized carbons (Fsp3) is 0.292. The third-order valence-corrected chi connectivity index (χ3v) is 6.08. The van der Waals surface area contributed by atoms with Crippen LogP contribution in [0.3, 0.4) is 0 Å². The molecule has 1 saturated heterocycles. The van der Waals surface area contributed by atoms with E-state index < -0.39 is 0 Å². The van der Waals surface area contributed by atoms with E-state index in [-0.39, 0.29) is 5.91 Å². The molecule has 4 rings (SSSR count). The van der Waals surface area contributed by atoms with Crippen molar-refractivity contribution in [2.75, 3.05) is 38.0 Å². The number of piperazine rings is 1. The maximum Gasteiger partial charge on any atom is 0.238 e. The lowest BCUT2D eigenvalue weighted by atomic mass is 10.0. The van der Waals surface area contributed by atoms with Crippen LogP contribution in [-0.4, -0.2) is 48.4 Å². The van der Waals surface area contributed by atoms with Crippen molar-refractivity contribution in [2.45, 2.75) is 13.0 Å². The molecule has 0 spiro atoms. The van der Waals surface area contributed by atoms with Gasteiger partial charge in [0.25, 0.3) is 0 Å². The molecule has 1 aromatic heterocycles. The molecule has 29 heavy (non-hydrogen) atoms. The highest BCUT2D eigenvalue weighted by Gasteiger charge is 2.19. The van der Waals surface area contributed by atoms with E-state index in [1.807, 2.05) is 24.3 Å². The molecule has 1 aliphatic rings. The van der Waals surface area contributed by atoms with Gasteiger partial charge in [0.05, 0.1) is 6.54 Å². The number of carbonyl (C=O) groups is 1. The highest BCUT2D eigenvalue weighted by atomic mass is 32.1. The predicted octanol–water partition coefficient (Wildman–Crippen LogP) is 4.10. The molecule has 1 amide bonds. The summed E-state index contributed by atoms with van der Waals surface area (Å²) in [6.45, 7) is 5.34. The van der Waals surface area contributed by atoms with Gasteiger partial charge in [0.2, 0.25) is 5.91 Å². The molecular weight excluding hydrogens is 378 g/mol. The Labute approximate surface area is 176 Å². The van der Waals surface area contributed by atoms with Crippen LogP contribution in [0.25, 0.3) is 0 Å². The summed E-state index contributed by atoms with van der Waals surface area (Å²) >= 11 is 1.75. The number of para-hydroxylation sites is 1. The molecule has 0 saturated carbocycles. The van der Waals surface area contributed by atoms with E-state index in [4.69, 9.17) is 0 Å². The van der Waals surface area contributed by atoms with Gasteiger partial charge >= 0.3 is 0 Å². The number of anilines is 1. The summed E-state index contributed by atoms with van der Waals surface area (Å²) in [5, 5.41) is 7.48. The Morgan fingerprint density at radius 2 is 1.59 bits per heavy atom. The molecule has 150 valence electrons. The molecule has 1 fully saturated rings. The smallest absolute Gasteiger partial charge is 0.238 e. The second-order valence-corrected chi connectivity index (χ2v) is 8.33. The number of benzene rings is 2. The fourth-order valence-corrected chi connectivity index (χ4v) is 4.41. The zero-order chi connectivity index (χ0) is 19.9. The van der Waals surface area contributed by atoms with Crippen molar-refractivity contribution < 1.29 is 4.79 Å². The lowest BCUT2D eigenvalue weighted by molar-refractivity contribution is -0.117. The van der Waals surface area contributed by atoms with E-state index in [2.05, 4.69) is 62.3 Å². The van der Waals surface area contributed by atoms with E-state index in [1.165, 1.54) is 11.1 Å². The molecule has 4 nitrogen and oxygen atoms in total. The van der Waals surface area contributed by atoms with E-state index in [0.717, 1.165) is 50.4 Å². The topological polar surface area (TPSA) is 35.6 Å². The van der Waals surface area contributed by atoms with Crippen molar-refractivity contribution in [3.05, 3.63) is 88.1 Å². The molecule has 1 aliphatic heterocycles. The van der Waals surface area contributed by atoms with E-state index in [0.29, 0.717) is 6.54 Å². The number of amides is 1. The molecule has 2 heterocycles. The summed E-state index contributed by atoms with van der Waals surface area (Å²) < 4.78 is 0. The van der Waals surface area contributed by atoms with Gasteiger partial charge in [-0.2, -0.15) is 11.3 Å². The first kappa shape index (κ1) is 19.8. The monoisotopic (exact) mass is 405 g/mol. The van der Waals surface area contributed by atoms with Crippen LogP contribution in [0.1, 0.15) is 16.7 Å². The van der Waals surface area contributed by atoms with Crippen molar-refractivity contribution >= 4 is 22.9 Å². The highest BCUT2D eigenvalue weighted by Crippen LogP contribution is 2.19. The van der Waals surface area contributed by atoms with Crippen molar-refractivity contribution in [3.8, 4) is 0 Å². The van der Waals surface area contributed by atoms with Crippen LogP contribution in [-0.2, 0) is 17.8 Å². The summed E-state index contributed by atoms with van der Waals surface area (Å²) in [6.07, 6.45) is 0.818. The summed E-state index contributed by atoms with van der Waals surface area (Å²) in [6, 6.07) is 20.6. The minimum atomic E-state index is 0.0665. The summed E-state index contributed by atoms with van der Waals surface area (Å²) in [4.78, 5) is 17.4. The third-order valence-electron chi connectivity index (χ3n) is 5.35. The van der Waals surface area contributed by atoms with Crippen molar-refractivity contribution in [1.82, 2.24) is 9.80 Å². The first-order valence-corrected chi connectivity index (χ1v) is 11.1. The number of hydrogen-bond donors (Lipinski definition) is 1. The van der Waals surface area contributed by atoms with Gasteiger partial charge in [0.15, 0.2) is 0 Å². The Bertz CT molecular complexity index is 903. The molecular formula is C24H27N3OS. The highest BCUT2D eigenvalue weighted by molar-refractivity contribution is 7.07. The Morgan fingerprint density at radius 1 is 0.862 bits per heavy atom. The van der Waals surface area contributed by atoms with Gasteiger partial charge in [-0.1, -0.05) is 48.5 Å². The fourth-order valence-electron chi connectivity index (χ4n) is 3.75.